The molecule has 0 atom stereocenters. The summed E-state index contributed by atoms with van der Waals surface area (Å²) in [6.07, 6.45) is 3.92. The van der Waals surface area contributed by atoms with Gasteiger partial charge in [-0.3, -0.25) is 4.98 Å². The molecule has 0 unspecified atom stereocenters. The summed E-state index contributed by atoms with van der Waals surface area (Å²) in [7, 11) is 0. The fourth-order valence-corrected chi connectivity index (χ4v) is 2.49. The highest BCUT2D eigenvalue weighted by Crippen LogP contribution is 2.20. The Morgan fingerprint density at radius 3 is 2.43 bits per heavy atom. The summed E-state index contributed by atoms with van der Waals surface area (Å²) in [5.74, 6) is 0.735. The summed E-state index contributed by atoms with van der Waals surface area (Å²) in [5.41, 5.74) is 5.39. The third-order valence-corrected chi connectivity index (χ3v) is 3.67. The lowest BCUT2D eigenvalue weighted by Crippen LogP contribution is -2.15. The molecular formula is C17H24N4. The van der Waals surface area contributed by atoms with Crippen LogP contribution in [0.3, 0.4) is 0 Å². The summed E-state index contributed by atoms with van der Waals surface area (Å²) < 4.78 is 0. The highest BCUT2D eigenvalue weighted by atomic mass is 14.9. The highest BCUT2D eigenvalue weighted by molar-refractivity contribution is 5.55. The van der Waals surface area contributed by atoms with Crippen molar-refractivity contribution in [1.29, 1.82) is 0 Å². The van der Waals surface area contributed by atoms with Gasteiger partial charge in [0.15, 0.2) is 5.82 Å². The van der Waals surface area contributed by atoms with E-state index in [-0.39, 0.29) is 0 Å². The van der Waals surface area contributed by atoms with Gasteiger partial charge >= 0.3 is 0 Å². The van der Waals surface area contributed by atoms with Crippen LogP contribution < -0.4 is 5.32 Å². The number of rotatable bonds is 6. The van der Waals surface area contributed by atoms with E-state index in [1.165, 1.54) is 5.56 Å². The molecule has 0 bridgehead atoms. The van der Waals surface area contributed by atoms with Crippen molar-refractivity contribution in [2.75, 3.05) is 13.1 Å². The molecule has 2 heterocycles. The first-order chi connectivity index (χ1) is 10.1. The molecular weight excluding hydrogens is 260 g/mol. The van der Waals surface area contributed by atoms with Crippen molar-refractivity contribution in [3.05, 3.63) is 40.8 Å². The Hall–Kier alpha value is -1.81. The van der Waals surface area contributed by atoms with Crippen molar-refractivity contribution < 1.29 is 0 Å². The fourth-order valence-electron chi connectivity index (χ4n) is 2.49. The van der Waals surface area contributed by atoms with Crippen molar-refractivity contribution in [3.63, 3.8) is 0 Å². The first-order valence-electron chi connectivity index (χ1n) is 7.60. The molecule has 2 rings (SSSR count). The smallest absolute Gasteiger partial charge is 0.178 e. The van der Waals surface area contributed by atoms with Crippen molar-refractivity contribution >= 4 is 0 Å². The number of aromatic nitrogens is 3. The molecule has 0 spiro atoms. The first kappa shape index (κ1) is 15.6. The maximum Gasteiger partial charge on any atom is 0.178 e. The Labute approximate surface area is 127 Å². The van der Waals surface area contributed by atoms with Gasteiger partial charge in [-0.15, -0.1) is 0 Å². The minimum absolute atomic E-state index is 0.735. The molecule has 4 heteroatoms. The van der Waals surface area contributed by atoms with Crippen LogP contribution in [0, 0.1) is 20.8 Å². The number of pyridine rings is 1. The van der Waals surface area contributed by atoms with Crippen LogP contribution in [-0.2, 0) is 6.42 Å². The van der Waals surface area contributed by atoms with Gasteiger partial charge in [-0.25, -0.2) is 9.97 Å². The van der Waals surface area contributed by atoms with Gasteiger partial charge < -0.3 is 5.32 Å². The van der Waals surface area contributed by atoms with E-state index in [9.17, 15) is 0 Å². The van der Waals surface area contributed by atoms with Crippen molar-refractivity contribution in [2.24, 2.45) is 0 Å². The van der Waals surface area contributed by atoms with E-state index < -0.39 is 0 Å². The van der Waals surface area contributed by atoms with Gasteiger partial charge in [0.25, 0.3) is 0 Å². The molecule has 0 aromatic carbocycles. The maximum atomic E-state index is 4.67. The molecule has 0 aliphatic rings. The van der Waals surface area contributed by atoms with Crippen LogP contribution in [0.4, 0.5) is 0 Å². The van der Waals surface area contributed by atoms with E-state index in [1.807, 2.05) is 19.1 Å². The standard InChI is InChI=1S/C17H24N4/c1-5-18-10-7-9-15-13(3)20-17(21-14(15)4)16-12(2)8-6-11-19-16/h6,8,11,18H,5,7,9-10H2,1-4H3. The Bertz CT molecular complexity index is 584. The fraction of sp³-hybridized carbons (Fsp3) is 0.471. The molecule has 0 radical (unpaired) electrons. The van der Waals surface area contributed by atoms with Crippen LogP contribution in [0.2, 0.25) is 0 Å². The molecule has 2 aromatic rings. The zero-order valence-electron chi connectivity index (χ0n) is 13.4. The minimum Gasteiger partial charge on any atom is -0.317 e. The maximum absolute atomic E-state index is 4.67. The van der Waals surface area contributed by atoms with Gasteiger partial charge in [-0.05, 0) is 63.9 Å². The molecule has 0 saturated carbocycles. The summed E-state index contributed by atoms with van der Waals surface area (Å²) >= 11 is 0. The second-order valence-electron chi connectivity index (χ2n) is 5.32. The Morgan fingerprint density at radius 1 is 1.10 bits per heavy atom. The first-order valence-corrected chi connectivity index (χ1v) is 7.60. The zero-order valence-corrected chi connectivity index (χ0v) is 13.4. The Kier molecular flexibility index (Phi) is 5.39. The van der Waals surface area contributed by atoms with E-state index in [1.54, 1.807) is 6.20 Å². The van der Waals surface area contributed by atoms with Gasteiger partial charge in [-0.1, -0.05) is 13.0 Å². The van der Waals surface area contributed by atoms with Gasteiger partial charge in [0, 0.05) is 17.6 Å². The normalized spacial score (nSPS) is 10.9. The largest absolute Gasteiger partial charge is 0.317 e. The molecule has 21 heavy (non-hydrogen) atoms. The minimum atomic E-state index is 0.735. The lowest BCUT2D eigenvalue weighted by molar-refractivity contribution is 0.667. The van der Waals surface area contributed by atoms with Gasteiger partial charge in [-0.2, -0.15) is 0 Å². The zero-order chi connectivity index (χ0) is 15.2. The molecule has 0 fully saturated rings. The van der Waals surface area contributed by atoms with Crippen molar-refractivity contribution in [3.8, 4) is 11.5 Å². The van der Waals surface area contributed by atoms with Crippen LogP contribution in [0.1, 0.15) is 35.9 Å². The number of nitrogens with zero attached hydrogens (tertiary/aromatic N) is 3. The number of nitrogens with one attached hydrogen (secondary N) is 1. The van der Waals surface area contributed by atoms with Crippen LogP contribution >= 0.6 is 0 Å². The van der Waals surface area contributed by atoms with Crippen LogP contribution in [0.15, 0.2) is 18.3 Å². The Morgan fingerprint density at radius 2 is 1.81 bits per heavy atom. The number of aryl methyl sites for hydroxylation is 3. The molecule has 1 N–H and O–H groups in total. The second-order valence-corrected chi connectivity index (χ2v) is 5.32. The van der Waals surface area contributed by atoms with E-state index in [4.69, 9.17) is 0 Å². The lowest BCUT2D eigenvalue weighted by Gasteiger charge is -2.11. The van der Waals surface area contributed by atoms with Crippen LogP contribution in [0.25, 0.3) is 11.5 Å². The number of hydrogen-bond acceptors (Lipinski definition) is 4. The van der Waals surface area contributed by atoms with Gasteiger partial charge in [0.05, 0.1) is 0 Å². The van der Waals surface area contributed by atoms with Crippen molar-refractivity contribution in [2.45, 2.75) is 40.5 Å². The Balaban J connectivity index is 2.23. The molecule has 0 aliphatic heterocycles. The van der Waals surface area contributed by atoms with E-state index in [0.29, 0.717) is 0 Å². The average molecular weight is 284 g/mol. The average Bonchev–Trinajstić information content (AvgIpc) is 2.46. The molecule has 0 aliphatic carbocycles. The van der Waals surface area contributed by atoms with Crippen molar-refractivity contribution in [1.82, 2.24) is 20.3 Å². The molecule has 112 valence electrons. The van der Waals surface area contributed by atoms with Crippen LogP contribution in [-0.4, -0.2) is 28.0 Å². The monoisotopic (exact) mass is 284 g/mol. The molecule has 4 nitrogen and oxygen atoms in total. The van der Waals surface area contributed by atoms with Gasteiger partial charge in [0.2, 0.25) is 0 Å². The summed E-state index contributed by atoms with van der Waals surface area (Å²) in [6.45, 7) is 10.4. The summed E-state index contributed by atoms with van der Waals surface area (Å²) in [5, 5.41) is 3.35. The summed E-state index contributed by atoms with van der Waals surface area (Å²) in [4.78, 5) is 13.8. The molecule has 0 amide bonds. The predicted molar refractivity (Wildman–Crippen MR) is 86.3 cm³/mol. The highest BCUT2D eigenvalue weighted by Gasteiger charge is 2.12. The van der Waals surface area contributed by atoms with E-state index in [0.717, 1.165) is 54.4 Å². The molecule has 0 saturated heterocycles. The lowest BCUT2D eigenvalue weighted by atomic mass is 10.1. The third-order valence-electron chi connectivity index (χ3n) is 3.67. The van der Waals surface area contributed by atoms with Crippen LogP contribution in [0.5, 0.6) is 0 Å². The number of hydrogen-bond donors (Lipinski definition) is 1. The van der Waals surface area contributed by atoms with Gasteiger partial charge in [0.1, 0.15) is 5.69 Å². The third kappa shape index (κ3) is 3.85. The SMILES string of the molecule is CCNCCCc1c(C)nc(-c2ncccc2C)nc1C. The van der Waals surface area contributed by atoms with E-state index >= 15 is 0 Å². The summed E-state index contributed by atoms with van der Waals surface area (Å²) in [6, 6.07) is 3.98. The molecule has 2 aromatic heterocycles. The predicted octanol–water partition coefficient (Wildman–Crippen LogP) is 3.01. The second kappa shape index (κ2) is 7.27. The quantitative estimate of drug-likeness (QED) is 0.828. The topological polar surface area (TPSA) is 50.7 Å². The van der Waals surface area contributed by atoms with E-state index in [2.05, 4.69) is 41.0 Å².